The third-order valence-corrected chi connectivity index (χ3v) is 1.77. The minimum atomic E-state index is -1.19. The van der Waals surface area contributed by atoms with Crippen molar-refractivity contribution in [2.45, 2.75) is 12.8 Å². The van der Waals surface area contributed by atoms with Crippen molar-refractivity contribution in [1.82, 2.24) is 10.0 Å². The van der Waals surface area contributed by atoms with Gasteiger partial charge in [0.2, 0.25) is 0 Å². The highest BCUT2D eigenvalue weighted by Crippen LogP contribution is 1.99. The van der Waals surface area contributed by atoms with Crippen LogP contribution >= 0.6 is 0 Å². The summed E-state index contributed by atoms with van der Waals surface area (Å²) in [5.41, 5.74) is 0. The molecule has 0 aromatic carbocycles. The van der Waals surface area contributed by atoms with Gasteiger partial charge in [-0.3, -0.25) is 0 Å². The number of carboxylic acid groups (broad SMARTS) is 2. The molecule has 0 saturated heterocycles. The van der Waals surface area contributed by atoms with E-state index in [-0.39, 0.29) is 13.1 Å². The van der Waals surface area contributed by atoms with Gasteiger partial charge in [-0.15, -0.1) is 0 Å². The van der Waals surface area contributed by atoms with Gasteiger partial charge in [-0.25, -0.2) is 9.59 Å². The number of unbranched alkanes of at least 4 members (excludes halogenated alkanes) is 1. The molecule has 0 unspecified atom stereocenters. The van der Waals surface area contributed by atoms with Crippen LogP contribution in [0.2, 0.25) is 0 Å². The van der Waals surface area contributed by atoms with Crippen LogP contribution < -0.4 is 0 Å². The molecule has 8 heteroatoms. The molecule has 0 fully saturated rings. The average Bonchev–Trinajstić information content (AvgIpc) is 2.22. The maximum atomic E-state index is 10.5. The second-order valence-corrected chi connectivity index (χ2v) is 2.80. The molecule has 90 valence electrons. The summed E-state index contributed by atoms with van der Waals surface area (Å²) in [5, 5.41) is 25.3. The number of amides is 2. The van der Waals surface area contributed by atoms with Crippen molar-refractivity contribution in [3.05, 3.63) is 0 Å². The fourth-order valence-corrected chi connectivity index (χ4v) is 0.977. The molecule has 8 nitrogen and oxygen atoms in total. The first-order chi connectivity index (χ1) is 7.52. The fraction of sp³-hybridized carbons (Fsp3) is 0.500. The van der Waals surface area contributed by atoms with Gasteiger partial charge in [-0.1, -0.05) is 0 Å². The van der Waals surface area contributed by atoms with Gasteiger partial charge in [0.05, 0.1) is 0 Å². The molecule has 0 spiro atoms. The van der Waals surface area contributed by atoms with Crippen molar-refractivity contribution in [2.24, 2.45) is 10.2 Å². The minimum Gasteiger partial charge on any atom is -0.464 e. The van der Waals surface area contributed by atoms with E-state index in [1.807, 2.05) is 0 Å². The fourth-order valence-electron chi connectivity index (χ4n) is 0.977. The molecule has 0 aliphatic heterocycles. The zero-order valence-corrected chi connectivity index (χ0v) is 8.74. The van der Waals surface area contributed by atoms with E-state index in [1.54, 1.807) is 0 Å². The van der Waals surface area contributed by atoms with Crippen molar-refractivity contribution >= 4 is 25.6 Å². The zero-order chi connectivity index (χ0) is 12.6. The van der Waals surface area contributed by atoms with E-state index in [2.05, 4.69) is 23.6 Å². The summed E-state index contributed by atoms with van der Waals surface area (Å²) in [7, 11) is 0. The quantitative estimate of drug-likeness (QED) is 0.386. The number of hydrogen-bond donors (Lipinski definition) is 2. The number of rotatable bonds is 7. The summed E-state index contributed by atoms with van der Waals surface area (Å²) >= 11 is 0. The van der Waals surface area contributed by atoms with E-state index < -0.39 is 12.2 Å². The van der Waals surface area contributed by atoms with Crippen LogP contribution in [0.25, 0.3) is 0 Å². The Morgan fingerprint density at radius 3 is 1.44 bits per heavy atom. The summed E-state index contributed by atoms with van der Waals surface area (Å²) in [4.78, 5) is 21.0. The Morgan fingerprint density at radius 1 is 0.938 bits per heavy atom. The summed E-state index contributed by atoms with van der Waals surface area (Å²) in [6, 6.07) is 0. The molecule has 0 saturated carbocycles. The Morgan fingerprint density at radius 2 is 1.25 bits per heavy atom. The van der Waals surface area contributed by atoms with Gasteiger partial charge in [0.15, 0.2) is 0 Å². The van der Waals surface area contributed by atoms with Gasteiger partial charge in [0.25, 0.3) is 0 Å². The lowest BCUT2D eigenvalue weighted by Crippen LogP contribution is -2.27. The summed E-state index contributed by atoms with van der Waals surface area (Å²) in [5.74, 6) is 0. The molecule has 0 aliphatic rings. The van der Waals surface area contributed by atoms with E-state index >= 15 is 0 Å². The molecule has 16 heavy (non-hydrogen) atoms. The van der Waals surface area contributed by atoms with Crippen LogP contribution in [0.15, 0.2) is 10.2 Å². The summed E-state index contributed by atoms with van der Waals surface area (Å²) < 4.78 is 0. The number of hydrazone groups is 2. The Labute approximate surface area is 92.5 Å². The van der Waals surface area contributed by atoms with Crippen molar-refractivity contribution in [1.29, 1.82) is 0 Å². The zero-order valence-electron chi connectivity index (χ0n) is 8.74. The highest BCUT2D eigenvalue weighted by atomic mass is 16.4. The predicted molar refractivity (Wildman–Crippen MR) is 57.8 cm³/mol. The molecule has 2 amide bonds. The second kappa shape index (κ2) is 7.21. The van der Waals surface area contributed by atoms with E-state index in [4.69, 9.17) is 10.2 Å². The molecular weight excluding hydrogens is 216 g/mol. The molecule has 0 aromatic heterocycles. The van der Waals surface area contributed by atoms with Gasteiger partial charge in [0.1, 0.15) is 0 Å². The largest absolute Gasteiger partial charge is 0.464 e. The maximum absolute atomic E-state index is 10.5. The van der Waals surface area contributed by atoms with Crippen molar-refractivity contribution in [2.75, 3.05) is 13.1 Å². The lowest BCUT2D eigenvalue weighted by molar-refractivity contribution is 0.139. The van der Waals surface area contributed by atoms with E-state index in [1.165, 1.54) is 0 Å². The predicted octanol–water partition coefficient (Wildman–Crippen LogP) is 0.958. The Bertz CT molecular complexity index is 253. The lowest BCUT2D eigenvalue weighted by Gasteiger charge is -2.14. The molecule has 0 aliphatic carbocycles. The van der Waals surface area contributed by atoms with Gasteiger partial charge >= 0.3 is 12.2 Å². The first-order valence-corrected chi connectivity index (χ1v) is 4.47. The minimum absolute atomic E-state index is 0.170. The highest BCUT2D eigenvalue weighted by Gasteiger charge is 2.11. The van der Waals surface area contributed by atoms with Crippen molar-refractivity contribution in [3.8, 4) is 0 Å². The number of hydrogen-bond acceptors (Lipinski definition) is 4. The molecule has 0 heterocycles. The van der Waals surface area contributed by atoms with Crippen LogP contribution in [0.4, 0.5) is 9.59 Å². The number of nitrogens with zero attached hydrogens (tertiary/aromatic N) is 4. The summed E-state index contributed by atoms with van der Waals surface area (Å²) in [6.07, 6.45) is -1.45. The third kappa shape index (κ3) is 4.94. The van der Waals surface area contributed by atoms with Gasteiger partial charge in [-0.2, -0.15) is 20.2 Å². The number of carbonyl (C=O) groups is 2. The van der Waals surface area contributed by atoms with E-state index in [0.29, 0.717) is 12.8 Å². The monoisotopic (exact) mass is 230 g/mol. The maximum Gasteiger partial charge on any atom is 0.427 e. The average molecular weight is 230 g/mol. The normalized spacial score (nSPS) is 9.25. The van der Waals surface area contributed by atoms with Crippen LogP contribution in [-0.2, 0) is 0 Å². The molecule has 0 radical (unpaired) electrons. The lowest BCUT2D eigenvalue weighted by atomic mass is 10.3. The van der Waals surface area contributed by atoms with Crippen LogP contribution in [-0.4, -0.2) is 58.9 Å². The van der Waals surface area contributed by atoms with Crippen molar-refractivity contribution in [3.63, 3.8) is 0 Å². The van der Waals surface area contributed by atoms with E-state index in [0.717, 1.165) is 10.0 Å². The van der Waals surface area contributed by atoms with Gasteiger partial charge < -0.3 is 10.2 Å². The highest BCUT2D eigenvalue weighted by molar-refractivity contribution is 5.65. The van der Waals surface area contributed by atoms with Crippen LogP contribution in [0, 0.1) is 0 Å². The van der Waals surface area contributed by atoms with E-state index in [9.17, 15) is 9.59 Å². The Hall–Kier alpha value is -2.12. The van der Waals surface area contributed by atoms with Crippen LogP contribution in [0.5, 0.6) is 0 Å². The molecule has 0 atom stereocenters. The molecule has 0 aromatic rings. The molecule has 0 bridgehead atoms. The van der Waals surface area contributed by atoms with Crippen molar-refractivity contribution < 1.29 is 19.8 Å². The first kappa shape index (κ1) is 13.9. The third-order valence-electron chi connectivity index (χ3n) is 1.77. The van der Waals surface area contributed by atoms with Crippen LogP contribution in [0.3, 0.4) is 0 Å². The van der Waals surface area contributed by atoms with Crippen LogP contribution in [0.1, 0.15) is 12.8 Å². The first-order valence-electron chi connectivity index (χ1n) is 4.47. The Kier molecular flexibility index (Phi) is 6.25. The second-order valence-electron chi connectivity index (χ2n) is 2.80. The molecule has 0 rings (SSSR count). The van der Waals surface area contributed by atoms with Gasteiger partial charge in [-0.05, 0) is 12.8 Å². The summed E-state index contributed by atoms with van der Waals surface area (Å²) in [6.45, 7) is 6.55. The standard InChI is InChI=1S/C8H14N4O4/c1-9-11(7(13)14)5-3-4-6-12(10-2)8(15)16/h1-6H2,(H,13,14)(H,15,16). The Balaban J connectivity index is 3.82. The van der Waals surface area contributed by atoms with Gasteiger partial charge in [0, 0.05) is 26.5 Å². The smallest absolute Gasteiger partial charge is 0.427 e. The molecule has 2 N–H and O–H groups in total. The topological polar surface area (TPSA) is 106 Å². The molecular formula is C8H14N4O4. The SMILES string of the molecule is C=NN(CCCCN(N=C)C(=O)O)C(=O)O.